The molecule has 0 aliphatic rings. The molecule has 26 heavy (non-hydrogen) atoms. The second kappa shape index (κ2) is 7.17. The van der Waals surface area contributed by atoms with Crippen molar-refractivity contribution in [3.63, 3.8) is 0 Å². The number of alkyl halides is 3. The van der Waals surface area contributed by atoms with Gasteiger partial charge in [-0.2, -0.15) is 23.5 Å². The highest BCUT2D eigenvalue weighted by atomic mass is 35.5. The van der Waals surface area contributed by atoms with Crippen molar-refractivity contribution in [1.29, 1.82) is 5.26 Å². The Kier molecular flexibility index (Phi) is 4.95. The van der Waals surface area contributed by atoms with Crippen molar-refractivity contribution >= 4 is 22.5 Å². The first-order valence-corrected chi connectivity index (χ1v) is 7.87. The number of rotatable bonds is 5. The monoisotopic (exact) mass is 381 g/mol. The smallest absolute Gasteiger partial charge is 0.389 e. The molecule has 0 amide bonds. The van der Waals surface area contributed by atoms with Gasteiger partial charge in [0.05, 0.1) is 18.0 Å². The zero-order valence-corrected chi connectivity index (χ0v) is 13.9. The fraction of sp³-hybridized carbons (Fsp3) is 0.250. The molecule has 0 bridgehead atoms. The molecule has 0 aliphatic carbocycles. The highest BCUT2D eigenvalue weighted by molar-refractivity contribution is 6.34. The molecule has 0 saturated carbocycles. The normalized spacial score (nSPS) is 11.5. The Labute approximate surface area is 150 Å². The van der Waals surface area contributed by atoms with E-state index in [9.17, 15) is 13.2 Å². The minimum atomic E-state index is -4.23. The van der Waals surface area contributed by atoms with Gasteiger partial charge in [0.15, 0.2) is 10.9 Å². The maximum absolute atomic E-state index is 12.4. The summed E-state index contributed by atoms with van der Waals surface area (Å²) in [5.41, 5.74) is 0.725. The van der Waals surface area contributed by atoms with Crippen LogP contribution < -0.4 is 4.74 Å². The summed E-state index contributed by atoms with van der Waals surface area (Å²) in [5.74, 6) is 0.304. The third kappa shape index (κ3) is 4.03. The maximum Gasteiger partial charge on any atom is 0.389 e. The van der Waals surface area contributed by atoms with Crippen molar-refractivity contribution in [1.82, 2.24) is 19.7 Å². The van der Waals surface area contributed by atoms with Crippen LogP contribution in [0.15, 0.2) is 30.6 Å². The van der Waals surface area contributed by atoms with Crippen molar-refractivity contribution in [2.45, 2.75) is 25.6 Å². The number of nitriles is 1. The molecule has 0 saturated heterocycles. The highest BCUT2D eigenvalue weighted by Gasteiger charge is 2.26. The summed E-state index contributed by atoms with van der Waals surface area (Å²) in [4.78, 5) is 7.83. The molecule has 6 nitrogen and oxygen atoms in total. The zero-order valence-electron chi connectivity index (χ0n) is 13.2. The Morgan fingerprint density at radius 2 is 1.96 bits per heavy atom. The van der Waals surface area contributed by atoms with E-state index >= 15 is 0 Å². The Morgan fingerprint density at radius 3 is 2.62 bits per heavy atom. The maximum atomic E-state index is 12.4. The van der Waals surface area contributed by atoms with Crippen LogP contribution in [0, 0.1) is 11.3 Å². The Balaban J connectivity index is 1.91. The number of hydrogen-bond acceptors (Lipinski definition) is 5. The Bertz CT molecular complexity index is 963. The second-order valence-corrected chi connectivity index (χ2v) is 5.71. The van der Waals surface area contributed by atoms with Crippen LogP contribution in [-0.4, -0.2) is 25.9 Å². The highest BCUT2D eigenvalue weighted by Crippen LogP contribution is 2.33. The molecule has 0 radical (unpaired) electrons. The van der Waals surface area contributed by atoms with E-state index in [0.29, 0.717) is 16.7 Å². The van der Waals surface area contributed by atoms with E-state index < -0.39 is 12.6 Å². The van der Waals surface area contributed by atoms with Crippen molar-refractivity contribution in [3.8, 4) is 17.8 Å². The van der Waals surface area contributed by atoms with Crippen LogP contribution >= 0.6 is 11.6 Å². The summed E-state index contributed by atoms with van der Waals surface area (Å²) in [7, 11) is 0. The van der Waals surface area contributed by atoms with Crippen LogP contribution in [0.25, 0.3) is 10.9 Å². The molecular weight excluding hydrogens is 371 g/mol. The Hall–Kier alpha value is -2.86. The average molecular weight is 382 g/mol. The molecule has 0 N–H and O–H groups in total. The first-order chi connectivity index (χ1) is 12.4. The van der Waals surface area contributed by atoms with Gasteiger partial charge in [0.25, 0.3) is 0 Å². The zero-order chi connectivity index (χ0) is 18.7. The summed E-state index contributed by atoms with van der Waals surface area (Å²) in [6, 6.07) is 6.87. The summed E-state index contributed by atoms with van der Waals surface area (Å²) in [6.45, 7) is 0.0251. The number of halogens is 4. The molecule has 3 rings (SSSR count). The molecule has 0 unspecified atom stereocenters. The third-order valence-corrected chi connectivity index (χ3v) is 3.76. The van der Waals surface area contributed by atoms with Gasteiger partial charge in [-0.15, -0.1) is 0 Å². The first kappa shape index (κ1) is 17.9. The van der Waals surface area contributed by atoms with Gasteiger partial charge >= 0.3 is 12.2 Å². The van der Waals surface area contributed by atoms with E-state index in [2.05, 4.69) is 15.1 Å². The van der Waals surface area contributed by atoms with Crippen LogP contribution in [-0.2, 0) is 6.54 Å². The molecule has 3 aromatic rings. The predicted molar refractivity (Wildman–Crippen MR) is 86.9 cm³/mol. The van der Waals surface area contributed by atoms with E-state index in [1.165, 1.54) is 17.1 Å². The first-order valence-electron chi connectivity index (χ1n) is 7.49. The van der Waals surface area contributed by atoms with Crippen LogP contribution in [0.1, 0.15) is 18.4 Å². The number of ether oxygens (including phenoxy) is 1. The molecule has 10 heteroatoms. The summed E-state index contributed by atoms with van der Waals surface area (Å²) < 4.78 is 44.2. The van der Waals surface area contributed by atoms with E-state index in [0.717, 1.165) is 0 Å². The van der Waals surface area contributed by atoms with Gasteiger partial charge in [0.1, 0.15) is 11.6 Å². The Morgan fingerprint density at radius 1 is 1.23 bits per heavy atom. The number of fused-ring (bicyclic) bond motifs is 1. The van der Waals surface area contributed by atoms with Crippen LogP contribution in [0.5, 0.6) is 11.8 Å². The van der Waals surface area contributed by atoms with Crippen LogP contribution in [0.4, 0.5) is 13.2 Å². The number of aromatic nitrogens is 4. The average Bonchev–Trinajstić information content (AvgIpc) is 2.92. The molecule has 1 aromatic carbocycles. The van der Waals surface area contributed by atoms with Gasteiger partial charge in [0.2, 0.25) is 0 Å². The molecule has 0 atom stereocenters. The standard InChI is InChI=1S/C16H11ClF3N5O/c17-14-11-3-1-4-12(26-15-22-8-10(7-21)9-23-15)13(11)25(24-14)6-2-5-16(18,19)20/h1,3-4,8-9H,2,5-6H2. The van der Waals surface area contributed by atoms with Crippen molar-refractivity contribution in [3.05, 3.63) is 41.3 Å². The lowest BCUT2D eigenvalue weighted by Crippen LogP contribution is -2.10. The minimum absolute atomic E-state index is 0.00401. The topological polar surface area (TPSA) is 76.6 Å². The molecule has 134 valence electrons. The number of nitrogens with zero attached hydrogens (tertiary/aromatic N) is 5. The van der Waals surface area contributed by atoms with E-state index in [1.54, 1.807) is 18.2 Å². The van der Waals surface area contributed by atoms with Gasteiger partial charge in [-0.05, 0) is 18.6 Å². The van der Waals surface area contributed by atoms with Crippen molar-refractivity contribution in [2.75, 3.05) is 0 Å². The lowest BCUT2D eigenvalue weighted by molar-refractivity contribution is -0.135. The minimum Gasteiger partial charge on any atom is -0.422 e. The van der Waals surface area contributed by atoms with E-state index in [1.807, 2.05) is 6.07 Å². The molecule has 2 heterocycles. The van der Waals surface area contributed by atoms with E-state index in [-0.39, 0.29) is 29.7 Å². The lowest BCUT2D eigenvalue weighted by Gasteiger charge is -2.09. The van der Waals surface area contributed by atoms with Gasteiger partial charge in [-0.25, -0.2) is 9.97 Å². The number of para-hydroxylation sites is 1. The third-order valence-electron chi connectivity index (χ3n) is 3.48. The van der Waals surface area contributed by atoms with Gasteiger partial charge in [-0.1, -0.05) is 17.7 Å². The SMILES string of the molecule is N#Cc1cnc(Oc2cccc3c(Cl)nn(CCCC(F)(F)F)c23)nc1. The van der Waals surface area contributed by atoms with Gasteiger partial charge < -0.3 is 4.74 Å². The fourth-order valence-corrected chi connectivity index (χ4v) is 2.61. The summed E-state index contributed by atoms with van der Waals surface area (Å²) >= 11 is 6.08. The van der Waals surface area contributed by atoms with Crippen molar-refractivity contribution < 1.29 is 17.9 Å². The number of aryl methyl sites for hydroxylation is 1. The second-order valence-electron chi connectivity index (χ2n) is 5.35. The van der Waals surface area contributed by atoms with Crippen LogP contribution in [0.3, 0.4) is 0 Å². The largest absolute Gasteiger partial charge is 0.422 e. The predicted octanol–water partition coefficient (Wildman–Crippen LogP) is 4.49. The van der Waals surface area contributed by atoms with Gasteiger partial charge in [0, 0.05) is 18.4 Å². The number of hydrogen-bond donors (Lipinski definition) is 0. The summed E-state index contributed by atoms with van der Waals surface area (Å²) in [5, 5.41) is 13.6. The molecule has 0 spiro atoms. The number of benzene rings is 1. The van der Waals surface area contributed by atoms with E-state index in [4.69, 9.17) is 21.6 Å². The molecule has 0 aliphatic heterocycles. The van der Waals surface area contributed by atoms with Gasteiger partial charge in [-0.3, -0.25) is 4.68 Å². The molecular formula is C16H11ClF3N5O. The molecule has 0 fully saturated rings. The molecule has 2 aromatic heterocycles. The quantitative estimate of drug-likeness (QED) is 0.651. The fourth-order valence-electron chi connectivity index (χ4n) is 2.36. The van der Waals surface area contributed by atoms with Crippen molar-refractivity contribution in [2.24, 2.45) is 0 Å². The van der Waals surface area contributed by atoms with Crippen LogP contribution in [0.2, 0.25) is 5.15 Å². The lowest BCUT2D eigenvalue weighted by atomic mass is 10.2. The summed E-state index contributed by atoms with van der Waals surface area (Å²) in [6.07, 6.45) is -2.69.